The fraction of sp³-hybridized carbons (Fsp3) is 0.440. The number of fused-ring (bicyclic) bond motifs is 1. The van der Waals surface area contributed by atoms with Crippen molar-refractivity contribution in [3.63, 3.8) is 0 Å². The quantitative estimate of drug-likeness (QED) is 0.459. The Morgan fingerprint density at radius 1 is 1.32 bits per heavy atom. The number of pyridine rings is 1. The lowest BCUT2D eigenvalue weighted by Gasteiger charge is -2.29. The van der Waals surface area contributed by atoms with Crippen molar-refractivity contribution in [2.75, 3.05) is 38.3 Å². The number of anilines is 1. The summed E-state index contributed by atoms with van der Waals surface area (Å²) in [7, 11) is -2.71. The number of hydrogen-bond acceptors (Lipinski definition) is 7. The second-order valence-corrected chi connectivity index (χ2v) is 11.4. The molecule has 0 saturated carbocycles. The van der Waals surface area contributed by atoms with Gasteiger partial charge in [-0.05, 0) is 30.3 Å². The number of alkyl halides is 1. The number of benzene rings is 1. The molecule has 0 spiro atoms. The Hall–Kier alpha value is -3.29. The number of aromatic nitrogens is 2. The predicted octanol–water partition coefficient (Wildman–Crippen LogP) is 2.67. The Kier molecular flexibility index (Phi) is 7.01. The van der Waals surface area contributed by atoms with Gasteiger partial charge in [-0.25, -0.2) is 21.7 Å². The Bertz CT molecular complexity index is 1470. The smallest absolute Gasteiger partial charge is 0.262 e. The van der Waals surface area contributed by atoms with Crippen LogP contribution in [0.4, 0.5) is 14.5 Å². The van der Waals surface area contributed by atoms with Gasteiger partial charge in [0.25, 0.3) is 15.9 Å². The minimum atomic E-state index is -4.08. The highest BCUT2D eigenvalue weighted by Crippen LogP contribution is 2.42. The topological polar surface area (TPSA) is 119 Å². The van der Waals surface area contributed by atoms with Gasteiger partial charge in [0.2, 0.25) is 5.03 Å². The maximum Gasteiger partial charge on any atom is 0.262 e. The highest BCUT2D eigenvalue weighted by molar-refractivity contribution is 7.89. The third-order valence-corrected chi connectivity index (χ3v) is 8.88. The van der Waals surface area contributed by atoms with Gasteiger partial charge in [0.05, 0.1) is 24.8 Å². The number of amides is 1. The van der Waals surface area contributed by atoms with Gasteiger partial charge in [-0.3, -0.25) is 4.79 Å². The van der Waals surface area contributed by atoms with Crippen LogP contribution in [0.3, 0.4) is 0 Å². The van der Waals surface area contributed by atoms with E-state index in [1.54, 1.807) is 30.0 Å². The number of sulfonamides is 1. The second kappa shape index (κ2) is 10.1. The summed E-state index contributed by atoms with van der Waals surface area (Å²) >= 11 is 0. The number of hydrogen-bond donors (Lipinski definition) is 1. The van der Waals surface area contributed by atoms with E-state index in [4.69, 9.17) is 15.2 Å². The molecule has 13 heteroatoms. The van der Waals surface area contributed by atoms with Gasteiger partial charge in [-0.15, -0.1) is 0 Å². The monoisotopic (exact) mass is 549 g/mol. The standard InChI is InChI=1S/C25H29F2N5O5S/c1-3-30(2)38(34,35)25-23(24(28)33)21-12-17(6-8-32(21)29-25)31-13-16(27)11-20(31)19-10-15(26)4-5-22(19)37-18-7-9-36-14-18/h4-6,8,10,12,16,18,20H,3,7,9,11,13-14H2,1-2H3,(H2,28,33)/t16-,18?,20+/m0/s1. The van der Waals surface area contributed by atoms with Gasteiger partial charge in [-0.2, -0.15) is 9.40 Å². The van der Waals surface area contributed by atoms with Crippen molar-refractivity contribution >= 4 is 27.1 Å². The Balaban J connectivity index is 1.58. The van der Waals surface area contributed by atoms with Crippen molar-refractivity contribution < 1.29 is 31.5 Å². The summed E-state index contributed by atoms with van der Waals surface area (Å²) in [5, 5.41) is 3.68. The van der Waals surface area contributed by atoms with Gasteiger partial charge in [0.15, 0.2) is 0 Å². The first-order valence-corrected chi connectivity index (χ1v) is 13.8. The summed E-state index contributed by atoms with van der Waals surface area (Å²) in [6.07, 6.45) is 0.886. The summed E-state index contributed by atoms with van der Waals surface area (Å²) in [6, 6.07) is 6.80. The normalized spacial score (nSPS) is 22.0. The minimum absolute atomic E-state index is 0.00705. The van der Waals surface area contributed by atoms with Gasteiger partial charge < -0.3 is 20.1 Å². The van der Waals surface area contributed by atoms with E-state index >= 15 is 0 Å². The summed E-state index contributed by atoms with van der Waals surface area (Å²) in [4.78, 5) is 14.2. The molecule has 4 heterocycles. The Morgan fingerprint density at radius 2 is 2.11 bits per heavy atom. The van der Waals surface area contributed by atoms with Gasteiger partial charge in [0.1, 0.15) is 29.4 Å². The molecule has 2 aliphatic rings. The van der Waals surface area contributed by atoms with Crippen LogP contribution in [0.25, 0.3) is 5.52 Å². The SMILES string of the molecule is CCN(C)S(=O)(=O)c1nn2ccc(N3C[C@@H](F)C[C@@H]3c3cc(F)ccc3OC3CCOC3)cc2c1C(N)=O. The fourth-order valence-electron chi connectivity index (χ4n) is 4.96. The summed E-state index contributed by atoms with van der Waals surface area (Å²) in [6.45, 7) is 2.82. The average Bonchev–Trinajstić information content (AvgIpc) is 3.62. The molecule has 2 N–H and O–H groups in total. The molecule has 3 aromatic rings. The van der Waals surface area contributed by atoms with Gasteiger partial charge in [0, 0.05) is 50.4 Å². The molecule has 0 aliphatic carbocycles. The fourth-order valence-corrected chi connectivity index (χ4v) is 6.25. The first kappa shape index (κ1) is 26.3. The third-order valence-electron chi connectivity index (χ3n) is 7.03. The molecule has 1 aromatic carbocycles. The Labute approximate surface area is 219 Å². The maximum atomic E-state index is 14.9. The van der Waals surface area contributed by atoms with E-state index in [1.807, 2.05) is 0 Å². The molecule has 2 aliphatic heterocycles. The number of rotatable bonds is 8. The first-order valence-electron chi connectivity index (χ1n) is 12.3. The number of carbonyl (C=O) groups is 1. The van der Waals surface area contributed by atoms with Crippen molar-refractivity contribution in [2.45, 2.75) is 43.1 Å². The molecule has 10 nitrogen and oxygen atoms in total. The second-order valence-electron chi connectivity index (χ2n) is 9.47. The molecule has 38 heavy (non-hydrogen) atoms. The number of primary amides is 1. The average molecular weight is 550 g/mol. The lowest BCUT2D eigenvalue weighted by Crippen LogP contribution is -2.29. The van der Waals surface area contributed by atoms with Crippen LogP contribution in [0.1, 0.15) is 41.7 Å². The third kappa shape index (κ3) is 4.69. The van der Waals surface area contributed by atoms with Crippen LogP contribution in [0.15, 0.2) is 41.6 Å². The highest BCUT2D eigenvalue weighted by atomic mass is 32.2. The largest absolute Gasteiger partial charge is 0.488 e. The molecule has 204 valence electrons. The van der Waals surface area contributed by atoms with Crippen LogP contribution in [0, 0.1) is 5.82 Å². The van der Waals surface area contributed by atoms with Crippen LogP contribution in [0.5, 0.6) is 5.75 Å². The minimum Gasteiger partial charge on any atom is -0.488 e. The molecule has 2 aromatic heterocycles. The number of nitrogens with zero attached hydrogens (tertiary/aromatic N) is 4. The highest BCUT2D eigenvalue weighted by Gasteiger charge is 2.37. The van der Waals surface area contributed by atoms with Crippen molar-refractivity contribution in [3.8, 4) is 5.75 Å². The number of nitrogens with two attached hydrogens (primary N) is 1. The van der Waals surface area contributed by atoms with Crippen LogP contribution >= 0.6 is 0 Å². The zero-order valence-corrected chi connectivity index (χ0v) is 21.8. The van der Waals surface area contributed by atoms with Crippen molar-refractivity contribution in [1.29, 1.82) is 0 Å². The zero-order chi connectivity index (χ0) is 27.2. The molecular weight excluding hydrogens is 520 g/mol. The molecule has 3 atom stereocenters. The molecule has 5 rings (SSSR count). The van der Waals surface area contributed by atoms with Crippen LogP contribution in [-0.4, -0.2) is 73.9 Å². The number of carbonyl (C=O) groups excluding carboxylic acids is 1. The van der Waals surface area contributed by atoms with Gasteiger partial charge in [-0.1, -0.05) is 6.92 Å². The molecule has 2 saturated heterocycles. The maximum absolute atomic E-state index is 14.9. The number of ether oxygens (including phenoxy) is 2. The van der Waals surface area contributed by atoms with Crippen molar-refractivity contribution in [3.05, 3.63) is 53.5 Å². The Morgan fingerprint density at radius 3 is 2.79 bits per heavy atom. The van der Waals surface area contributed by atoms with E-state index in [0.717, 1.165) is 4.31 Å². The molecule has 2 fully saturated rings. The van der Waals surface area contributed by atoms with E-state index in [-0.39, 0.29) is 36.7 Å². The molecule has 0 radical (unpaired) electrons. The van der Waals surface area contributed by atoms with E-state index in [9.17, 15) is 22.0 Å². The predicted molar refractivity (Wildman–Crippen MR) is 135 cm³/mol. The van der Waals surface area contributed by atoms with Crippen LogP contribution in [0.2, 0.25) is 0 Å². The van der Waals surface area contributed by atoms with Crippen molar-refractivity contribution in [1.82, 2.24) is 13.9 Å². The molecule has 0 bridgehead atoms. The van der Waals surface area contributed by atoms with Crippen molar-refractivity contribution in [2.24, 2.45) is 5.73 Å². The van der Waals surface area contributed by atoms with E-state index < -0.39 is 39.0 Å². The van der Waals surface area contributed by atoms with E-state index in [1.165, 1.54) is 29.9 Å². The van der Waals surface area contributed by atoms with E-state index in [0.29, 0.717) is 36.6 Å². The van der Waals surface area contributed by atoms with Crippen LogP contribution in [-0.2, 0) is 14.8 Å². The lowest BCUT2D eigenvalue weighted by molar-refractivity contribution is 0.0998. The van der Waals surface area contributed by atoms with E-state index in [2.05, 4.69) is 5.10 Å². The summed E-state index contributed by atoms with van der Waals surface area (Å²) < 4.78 is 69.1. The number of halogens is 2. The zero-order valence-electron chi connectivity index (χ0n) is 21.0. The van der Waals surface area contributed by atoms with Gasteiger partial charge >= 0.3 is 0 Å². The molecule has 1 amide bonds. The molecule has 1 unspecified atom stereocenters. The summed E-state index contributed by atoms with van der Waals surface area (Å²) in [5.41, 5.74) is 6.51. The molecular formula is C25H29F2N5O5S. The summed E-state index contributed by atoms with van der Waals surface area (Å²) in [5.74, 6) is -0.985. The first-order chi connectivity index (χ1) is 18.1. The lowest BCUT2D eigenvalue weighted by atomic mass is 10.0. The van der Waals surface area contributed by atoms with Crippen LogP contribution < -0.4 is 15.4 Å².